The molecule has 1 aromatic heterocycles. The number of hydrogen-bond donors (Lipinski definition) is 1. The maximum absolute atomic E-state index is 13.4. The summed E-state index contributed by atoms with van der Waals surface area (Å²) < 4.78 is 0. The molecule has 37 heavy (non-hydrogen) atoms. The number of aromatic nitrogens is 2. The Balaban J connectivity index is 1.34. The molecule has 2 aliphatic heterocycles. The molecule has 0 radical (unpaired) electrons. The zero-order valence-corrected chi connectivity index (χ0v) is 23.2. The third kappa shape index (κ3) is 6.56. The Morgan fingerprint density at radius 2 is 1.70 bits per heavy atom. The van der Waals surface area contributed by atoms with Gasteiger partial charge in [0.2, 0.25) is 5.91 Å². The van der Waals surface area contributed by atoms with Crippen LogP contribution in [0.25, 0.3) is 0 Å². The van der Waals surface area contributed by atoms with Gasteiger partial charge in [0.15, 0.2) is 0 Å². The van der Waals surface area contributed by atoms with Gasteiger partial charge in [-0.1, -0.05) is 45.0 Å². The van der Waals surface area contributed by atoms with Crippen LogP contribution in [0.1, 0.15) is 85.7 Å². The first-order chi connectivity index (χ1) is 17.7. The van der Waals surface area contributed by atoms with Gasteiger partial charge in [-0.2, -0.15) is 0 Å². The van der Waals surface area contributed by atoms with Gasteiger partial charge in [-0.05, 0) is 68.5 Å². The fourth-order valence-corrected chi connectivity index (χ4v) is 5.81. The van der Waals surface area contributed by atoms with E-state index in [-0.39, 0.29) is 17.2 Å². The Kier molecular flexibility index (Phi) is 8.63. The van der Waals surface area contributed by atoms with Crippen LogP contribution in [0.5, 0.6) is 0 Å². The highest BCUT2D eigenvalue weighted by atomic mass is 16.2. The zero-order chi connectivity index (χ0) is 26.6. The molecule has 2 aromatic rings. The third-order valence-corrected chi connectivity index (χ3v) is 8.20. The summed E-state index contributed by atoms with van der Waals surface area (Å²) in [5, 5.41) is 2.76. The minimum absolute atomic E-state index is 0.0115. The fourth-order valence-electron chi connectivity index (χ4n) is 5.81. The second-order valence-electron chi connectivity index (χ2n) is 11.7. The molecule has 7 heteroatoms. The second-order valence-corrected chi connectivity index (χ2v) is 11.7. The number of carbonyl (C=O) groups is 2. The molecule has 0 unspecified atom stereocenters. The van der Waals surface area contributed by atoms with Crippen LogP contribution in [0.15, 0.2) is 30.6 Å². The predicted octanol–water partition coefficient (Wildman–Crippen LogP) is 4.07. The van der Waals surface area contributed by atoms with Crippen LogP contribution >= 0.6 is 0 Å². The second kappa shape index (κ2) is 11.7. The van der Waals surface area contributed by atoms with Crippen LogP contribution in [0.3, 0.4) is 0 Å². The largest absolute Gasteiger partial charge is 0.359 e. The van der Waals surface area contributed by atoms with Crippen LogP contribution < -0.4 is 5.32 Å². The van der Waals surface area contributed by atoms with Crippen molar-refractivity contribution in [2.75, 3.05) is 26.7 Å². The molecule has 4 rings (SSSR count). The molecule has 2 amide bonds. The summed E-state index contributed by atoms with van der Waals surface area (Å²) in [6.45, 7) is 11.2. The first-order valence-electron chi connectivity index (χ1n) is 13.8. The minimum Gasteiger partial charge on any atom is -0.359 e. The summed E-state index contributed by atoms with van der Waals surface area (Å²) in [6, 6.07) is 9.59. The number of piperidine rings is 1. The van der Waals surface area contributed by atoms with E-state index < -0.39 is 0 Å². The zero-order valence-electron chi connectivity index (χ0n) is 23.2. The molecular weight excluding hydrogens is 462 g/mol. The smallest absolute Gasteiger partial charge is 0.272 e. The Bertz CT molecular complexity index is 1080. The Morgan fingerprint density at radius 3 is 2.35 bits per heavy atom. The van der Waals surface area contributed by atoms with Gasteiger partial charge in [0.25, 0.3) is 5.91 Å². The molecular formula is C30H43N5O2. The van der Waals surface area contributed by atoms with Gasteiger partial charge >= 0.3 is 0 Å². The Morgan fingerprint density at radius 1 is 1.00 bits per heavy atom. The van der Waals surface area contributed by atoms with Crippen LogP contribution in [0, 0.1) is 6.92 Å². The van der Waals surface area contributed by atoms with Crippen LogP contribution in [-0.2, 0) is 23.1 Å². The van der Waals surface area contributed by atoms with Crippen LogP contribution in [-0.4, -0.2) is 70.3 Å². The van der Waals surface area contributed by atoms with Gasteiger partial charge < -0.3 is 10.2 Å². The van der Waals surface area contributed by atoms with Crippen molar-refractivity contribution in [3.8, 4) is 0 Å². The highest BCUT2D eigenvalue weighted by Crippen LogP contribution is 2.28. The fraction of sp³-hybridized carbons (Fsp3) is 0.600. The van der Waals surface area contributed by atoms with Gasteiger partial charge in [-0.15, -0.1) is 0 Å². The quantitative estimate of drug-likeness (QED) is 0.614. The van der Waals surface area contributed by atoms with E-state index in [1.54, 1.807) is 13.4 Å². The van der Waals surface area contributed by atoms with Crippen molar-refractivity contribution in [3.63, 3.8) is 0 Å². The molecule has 1 aromatic carbocycles. The SMILES string of the molecule is CNC(=O)C[C@@H]1CCCN1C1CCN(C(=O)c2ncnc(CCc3ccc(C(C)(C)C)cc3)c2C)CC1. The molecule has 2 saturated heterocycles. The number of rotatable bonds is 7. The van der Waals surface area contributed by atoms with Gasteiger partial charge in [0, 0.05) is 49.9 Å². The number of amides is 2. The van der Waals surface area contributed by atoms with Crippen molar-refractivity contribution in [1.29, 1.82) is 0 Å². The standard InChI is InChI=1S/C30H43N5O2/c1-21-26(13-10-22-8-11-23(12-9-22)30(2,3)4)32-20-33-28(21)29(37)34-17-14-24(15-18-34)35-16-6-7-25(35)19-27(36)31-5/h8-9,11-12,20,24-25H,6-7,10,13-19H2,1-5H3,(H,31,36)/t25-/m0/s1. The normalized spacial score (nSPS) is 19.3. The van der Waals surface area contributed by atoms with E-state index in [1.807, 2.05) is 11.8 Å². The number of nitrogens with zero attached hydrogens (tertiary/aromatic N) is 4. The van der Waals surface area contributed by atoms with E-state index in [2.05, 4.69) is 65.2 Å². The summed E-state index contributed by atoms with van der Waals surface area (Å²) in [6.07, 6.45) is 7.88. The molecule has 3 heterocycles. The van der Waals surface area contributed by atoms with E-state index >= 15 is 0 Å². The molecule has 2 fully saturated rings. The molecule has 0 bridgehead atoms. The summed E-state index contributed by atoms with van der Waals surface area (Å²) in [7, 11) is 1.70. The lowest BCUT2D eigenvalue weighted by Gasteiger charge is -2.39. The average Bonchev–Trinajstić information content (AvgIpc) is 3.35. The molecule has 0 spiro atoms. The molecule has 2 aliphatic rings. The molecule has 0 aliphatic carbocycles. The minimum atomic E-state index is 0.0115. The number of hydrogen-bond acceptors (Lipinski definition) is 5. The molecule has 0 saturated carbocycles. The number of likely N-dealkylation sites (tertiary alicyclic amines) is 2. The predicted molar refractivity (Wildman–Crippen MR) is 147 cm³/mol. The number of benzene rings is 1. The lowest BCUT2D eigenvalue weighted by molar-refractivity contribution is -0.121. The Labute approximate surface area is 222 Å². The molecule has 1 N–H and O–H groups in total. The van der Waals surface area contributed by atoms with E-state index in [1.165, 1.54) is 11.1 Å². The lowest BCUT2D eigenvalue weighted by Crippen LogP contribution is -2.49. The van der Waals surface area contributed by atoms with Gasteiger partial charge in [0.1, 0.15) is 12.0 Å². The number of aryl methyl sites for hydroxylation is 2. The van der Waals surface area contributed by atoms with Gasteiger partial charge in [-0.3, -0.25) is 14.5 Å². The van der Waals surface area contributed by atoms with E-state index in [9.17, 15) is 9.59 Å². The van der Waals surface area contributed by atoms with Gasteiger partial charge in [0.05, 0.1) is 0 Å². The first kappa shape index (κ1) is 27.2. The molecule has 7 nitrogen and oxygen atoms in total. The van der Waals surface area contributed by atoms with E-state index in [0.717, 1.165) is 69.4 Å². The molecule has 1 atom stereocenters. The maximum Gasteiger partial charge on any atom is 0.272 e. The maximum atomic E-state index is 13.4. The molecule has 200 valence electrons. The van der Waals surface area contributed by atoms with E-state index in [4.69, 9.17) is 0 Å². The van der Waals surface area contributed by atoms with Crippen molar-refractivity contribution in [3.05, 3.63) is 58.7 Å². The van der Waals surface area contributed by atoms with Crippen molar-refractivity contribution in [2.24, 2.45) is 0 Å². The van der Waals surface area contributed by atoms with Crippen molar-refractivity contribution in [1.82, 2.24) is 25.1 Å². The highest BCUT2D eigenvalue weighted by molar-refractivity contribution is 5.93. The monoisotopic (exact) mass is 505 g/mol. The van der Waals surface area contributed by atoms with Crippen LogP contribution in [0.2, 0.25) is 0 Å². The summed E-state index contributed by atoms with van der Waals surface area (Å²) in [4.78, 5) is 38.7. The number of nitrogens with one attached hydrogen (secondary N) is 1. The summed E-state index contributed by atoms with van der Waals surface area (Å²) in [5.74, 6) is 0.124. The topological polar surface area (TPSA) is 78.4 Å². The number of carbonyl (C=O) groups excluding carboxylic acids is 2. The van der Waals surface area contributed by atoms with Crippen molar-refractivity contribution < 1.29 is 9.59 Å². The van der Waals surface area contributed by atoms with Gasteiger partial charge in [-0.25, -0.2) is 9.97 Å². The van der Waals surface area contributed by atoms with E-state index in [0.29, 0.717) is 24.2 Å². The average molecular weight is 506 g/mol. The Hall–Kier alpha value is -2.80. The first-order valence-corrected chi connectivity index (χ1v) is 13.8. The summed E-state index contributed by atoms with van der Waals surface area (Å²) in [5.41, 5.74) is 5.13. The third-order valence-electron chi connectivity index (χ3n) is 8.20. The lowest BCUT2D eigenvalue weighted by atomic mass is 9.86. The highest BCUT2D eigenvalue weighted by Gasteiger charge is 2.35. The van der Waals surface area contributed by atoms with Crippen LogP contribution in [0.4, 0.5) is 0 Å². The summed E-state index contributed by atoms with van der Waals surface area (Å²) >= 11 is 0. The van der Waals surface area contributed by atoms with Crippen molar-refractivity contribution >= 4 is 11.8 Å². The van der Waals surface area contributed by atoms with Crippen molar-refractivity contribution in [2.45, 2.75) is 90.1 Å².